The number of methoxy groups -OCH3 is 1. The number of halogens is 1. The van der Waals surface area contributed by atoms with Gasteiger partial charge < -0.3 is 10.1 Å². The fourth-order valence-corrected chi connectivity index (χ4v) is 2.24. The molecule has 1 aromatic rings. The van der Waals surface area contributed by atoms with Gasteiger partial charge >= 0.3 is 5.97 Å². The van der Waals surface area contributed by atoms with Crippen molar-refractivity contribution in [2.45, 2.75) is 13.3 Å². The molecular weight excluding hydrogens is 233 g/mol. The first-order valence-electron chi connectivity index (χ1n) is 5.92. The fourth-order valence-electron chi connectivity index (χ4n) is 2.24. The number of hydrogen-bond acceptors (Lipinski definition) is 3. The Labute approximate surface area is 106 Å². The van der Waals surface area contributed by atoms with Gasteiger partial charge in [-0.2, -0.15) is 0 Å². The predicted molar refractivity (Wildman–Crippen MR) is 67.9 cm³/mol. The summed E-state index contributed by atoms with van der Waals surface area (Å²) in [6.07, 6.45) is 2.79. The molecule has 1 aliphatic heterocycles. The van der Waals surface area contributed by atoms with Gasteiger partial charge in [0, 0.05) is 12.1 Å². The van der Waals surface area contributed by atoms with Crippen LogP contribution in [-0.4, -0.2) is 26.2 Å². The molecule has 0 unspecified atom stereocenters. The Morgan fingerprint density at radius 2 is 2.22 bits per heavy atom. The van der Waals surface area contributed by atoms with Crippen molar-refractivity contribution in [1.82, 2.24) is 5.32 Å². The van der Waals surface area contributed by atoms with Crippen LogP contribution in [-0.2, 0) is 4.74 Å². The van der Waals surface area contributed by atoms with Gasteiger partial charge in [-0.1, -0.05) is 6.08 Å². The lowest BCUT2D eigenvalue weighted by molar-refractivity contribution is 0.0600. The normalized spacial score (nSPS) is 15.2. The number of benzene rings is 1. The molecule has 0 saturated heterocycles. The molecular formula is C14H16FNO2. The Morgan fingerprint density at radius 1 is 1.44 bits per heavy atom. The second-order valence-corrected chi connectivity index (χ2v) is 4.33. The minimum absolute atomic E-state index is 0.255. The zero-order valence-electron chi connectivity index (χ0n) is 10.5. The highest BCUT2D eigenvalue weighted by Crippen LogP contribution is 2.27. The van der Waals surface area contributed by atoms with Gasteiger partial charge in [0.05, 0.1) is 12.7 Å². The highest BCUT2D eigenvalue weighted by Gasteiger charge is 2.17. The maximum absolute atomic E-state index is 14.1. The van der Waals surface area contributed by atoms with Crippen molar-refractivity contribution < 1.29 is 13.9 Å². The minimum atomic E-state index is -0.511. The molecule has 0 radical (unpaired) electrons. The average Bonchev–Trinajstić information content (AvgIpc) is 2.38. The van der Waals surface area contributed by atoms with Crippen molar-refractivity contribution in [3.8, 4) is 0 Å². The van der Waals surface area contributed by atoms with Crippen LogP contribution in [0.15, 0.2) is 18.2 Å². The lowest BCUT2D eigenvalue weighted by Crippen LogP contribution is -2.20. The largest absolute Gasteiger partial charge is 0.465 e. The zero-order chi connectivity index (χ0) is 13.1. The number of aryl methyl sites for hydroxylation is 1. The summed E-state index contributed by atoms with van der Waals surface area (Å²) in [5, 5.41) is 3.19. The summed E-state index contributed by atoms with van der Waals surface area (Å²) in [5.41, 5.74) is 2.64. The van der Waals surface area contributed by atoms with Crippen LogP contribution in [0.3, 0.4) is 0 Å². The zero-order valence-corrected chi connectivity index (χ0v) is 10.5. The van der Waals surface area contributed by atoms with E-state index in [-0.39, 0.29) is 11.4 Å². The quantitative estimate of drug-likeness (QED) is 0.817. The number of ether oxygens (including phenoxy) is 1. The Hall–Kier alpha value is -1.68. The van der Waals surface area contributed by atoms with Crippen LogP contribution >= 0.6 is 0 Å². The maximum Gasteiger partial charge on any atom is 0.337 e. The molecule has 0 aliphatic carbocycles. The number of rotatable bonds is 2. The van der Waals surface area contributed by atoms with Crippen LogP contribution in [0.4, 0.5) is 4.39 Å². The summed E-state index contributed by atoms with van der Waals surface area (Å²) in [6.45, 7) is 3.42. The van der Waals surface area contributed by atoms with Crippen molar-refractivity contribution >= 4 is 11.5 Å². The summed E-state index contributed by atoms with van der Waals surface area (Å²) in [5.74, 6) is -0.869. The monoisotopic (exact) mass is 249 g/mol. The first kappa shape index (κ1) is 12.8. The molecule has 1 N–H and O–H groups in total. The molecule has 0 atom stereocenters. The molecule has 3 nitrogen and oxygen atoms in total. The SMILES string of the molecule is COC(=O)c1cc(C)c(C2=CCNCC2)c(F)c1. The Kier molecular flexibility index (Phi) is 3.77. The van der Waals surface area contributed by atoms with Gasteiger partial charge in [-0.3, -0.25) is 0 Å². The number of esters is 1. The lowest BCUT2D eigenvalue weighted by Gasteiger charge is -2.17. The number of carbonyl (C=O) groups excluding carboxylic acids is 1. The van der Waals surface area contributed by atoms with Crippen LogP contribution in [0.25, 0.3) is 5.57 Å². The van der Waals surface area contributed by atoms with E-state index < -0.39 is 5.97 Å². The van der Waals surface area contributed by atoms with Crippen molar-refractivity contribution in [2.24, 2.45) is 0 Å². The van der Waals surface area contributed by atoms with Crippen molar-refractivity contribution in [3.05, 3.63) is 40.7 Å². The highest BCUT2D eigenvalue weighted by molar-refractivity contribution is 5.90. The van der Waals surface area contributed by atoms with Gasteiger partial charge in [-0.15, -0.1) is 0 Å². The smallest absolute Gasteiger partial charge is 0.337 e. The third kappa shape index (κ3) is 2.43. The first-order valence-corrected chi connectivity index (χ1v) is 5.92. The molecule has 0 bridgehead atoms. The lowest BCUT2D eigenvalue weighted by atomic mass is 9.94. The molecule has 18 heavy (non-hydrogen) atoms. The van der Waals surface area contributed by atoms with Gasteiger partial charge in [0.1, 0.15) is 5.82 Å². The van der Waals surface area contributed by atoms with Crippen LogP contribution < -0.4 is 5.32 Å². The topological polar surface area (TPSA) is 38.3 Å². The molecule has 0 spiro atoms. The molecule has 1 aromatic carbocycles. The van der Waals surface area contributed by atoms with Gasteiger partial charge in [-0.25, -0.2) is 9.18 Å². The summed E-state index contributed by atoms with van der Waals surface area (Å²) in [7, 11) is 1.29. The van der Waals surface area contributed by atoms with E-state index in [0.29, 0.717) is 5.56 Å². The fraction of sp³-hybridized carbons (Fsp3) is 0.357. The summed E-state index contributed by atoms with van der Waals surface area (Å²) >= 11 is 0. The van der Waals surface area contributed by atoms with E-state index >= 15 is 0 Å². The number of carbonyl (C=O) groups is 1. The van der Waals surface area contributed by atoms with Gasteiger partial charge in [0.25, 0.3) is 0 Å². The summed E-state index contributed by atoms with van der Waals surface area (Å²) < 4.78 is 18.7. The first-order chi connectivity index (χ1) is 8.63. The standard InChI is InChI=1S/C14H16FNO2/c1-9-7-11(14(17)18-2)8-12(15)13(9)10-3-5-16-6-4-10/h3,7-8,16H,4-6H2,1-2H3. The molecule has 1 heterocycles. The minimum Gasteiger partial charge on any atom is -0.465 e. The van der Waals surface area contributed by atoms with Crippen LogP contribution in [0.1, 0.15) is 27.9 Å². The molecule has 2 rings (SSSR count). The molecule has 4 heteroatoms. The molecule has 1 aliphatic rings. The van der Waals surface area contributed by atoms with Gasteiger partial charge in [0.15, 0.2) is 0 Å². The predicted octanol–water partition coefficient (Wildman–Crippen LogP) is 2.30. The third-order valence-corrected chi connectivity index (χ3v) is 3.09. The van der Waals surface area contributed by atoms with Crippen molar-refractivity contribution in [1.29, 1.82) is 0 Å². The Morgan fingerprint density at radius 3 is 2.78 bits per heavy atom. The molecule has 96 valence electrons. The van der Waals surface area contributed by atoms with Crippen molar-refractivity contribution in [2.75, 3.05) is 20.2 Å². The van der Waals surface area contributed by atoms with Gasteiger partial charge in [0.2, 0.25) is 0 Å². The van der Waals surface area contributed by atoms with E-state index in [1.54, 1.807) is 6.07 Å². The second-order valence-electron chi connectivity index (χ2n) is 4.33. The molecule has 0 amide bonds. The third-order valence-electron chi connectivity index (χ3n) is 3.09. The summed E-state index contributed by atoms with van der Waals surface area (Å²) in [6, 6.07) is 2.92. The molecule has 0 aromatic heterocycles. The van der Waals surface area contributed by atoms with Crippen LogP contribution in [0.2, 0.25) is 0 Å². The highest BCUT2D eigenvalue weighted by atomic mass is 19.1. The van der Waals surface area contributed by atoms with E-state index in [1.807, 2.05) is 13.0 Å². The number of hydrogen-bond donors (Lipinski definition) is 1. The molecule has 0 saturated carbocycles. The maximum atomic E-state index is 14.1. The van der Waals surface area contributed by atoms with Gasteiger partial charge in [-0.05, 0) is 43.2 Å². The van der Waals surface area contributed by atoms with E-state index in [2.05, 4.69) is 10.1 Å². The van der Waals surface area contributed by atoms with E-state index in [9.17, 15) is 9.18 Å². The van der Waals surface area contributed by atoms with E-state index in [1.165, 1.54) is 13.2 Å². The van der Waals surface area contributed by atoms with Crippen LogP contribution in [0.5, 0.6) is 0 Å². The summed E-state index contributed by atoms with van der Waals surface area (Å²) in [4.78, 5) is 11.4. The molecule has 0 fully saturated rings. The van der Waals surface area contributed by atoms with E-state index in [4.69, 9.17) is 0 Å². The Balaban J connectivity index is 2.44. The van der Waals surface area contributed by atoms with E-state index in [0.717, 1.165) is 30.6 Å². The Bertz CT molecular complexity index is 486. The van der Waals surface area contributed by atoms with Crippen molar-refractivity contribution in [3.63, 3.8) is 0 Å². The second kappa shape index (κ2) is 5.31. The number of nitrogens with one attached hydrogen (secondary N) is 1. The average molecular weight is 249 g/mol. The van der Waals surface area contributed by atoms with Crippen LogP contribution in [0, 0.1) is 12.7 Å².